The number of nitrogens with one attached hydrogen (secondary N) is 2. The van der Waals surface area contributed by atoms with Gasteiger partial charge in [-0.3, -0.25) is 0 Å². The van der Waals surface area contributed by atoms with E-state index in [2.05, 4.69) is 48.7 Å². The first kappa shape index (κ1) is 15.9. The lowest BCUT2D eigenvalue weighted by molar-refractivity contribution is 0.752. The molecule has 1 aromatic heterocycles. The van der Waals surface area contributed by atoms with Crippen LogP contribution in [-0.2, 0) is 0 Å². The maximum Gasteiger partial charge on any atom is 0.229 e. The van der Waals surface area contributed by atoms with E-state index in [1.165, 1.54) is 36.8 Å². The molecule has 2 aromatic carbocycles. The zero-order valence-electron chi connectivity index (χ0n) is 14.8. The minimum absolute atomic E-state index is 0.521. The van der Waals surface area contributed by atoms with Crippen LogP contribution in [0.3, 0.4) is 0 Å². The van der Waals surface area contributed by atoms with Gasteiger partial charge < -0.3 is 10.6 Å². The molecule has 0 spiro atoms. The van der Waals surface area contributed by atoms with Crippen LogP contribution in [0.15, 0.2) is 42.5 Å². The number of benzene rings is 2. The van der Waals surface area contributed by atoms with Crippen molar-refractivity contribution in [3.05, 3.63) is 53.6 Å². The highest BCUT2D eigenvalue weighted by Crippen LogP contribution is 2.28. The Hall–Kier alpha value is -2.62. The summed E-state index contributed by atoms with van der Waals surface area (Å²) in [5.74, 6) is 1.58. The summed E-state index contributed by atoms with van der Waals surface area (Å²) in [6, 6.07) is 15.1. The Morgan fingerprint density at radius 3 is 2.52 bits per heavy atom. The number of rotatable bonds is 4. The smallest absolute Gasteiger partial charge is 0.229 e. The van der Waals surface area contributed by atoms with Crippen LogP contribution in [0.4, 0.5) is 17.5 Å². The molecule has 1 aliphatic carbocycles. The molecule has 1 saturated carbocycles. The Kier molecular flexibility index (Phi) is 4.26. The van der Waals surface area contributed by atoms with Crippen molar-refractivity contribution in [2.75, 3.05) is 10.6 Å². The summed E-state index contributed by atoms with van der Waals surface area (Å²) in [5.41, 5.74) is 4.53. The predicted octanol–water partition coefficient (Wildman–Crippen LogP) is 5.34. The number of hydrogen-bond acceptors (Lipinski definition) is 4. The highest BCUT2D eigenvalue weighted by atomic mass is 15.2. The van der Waals surface area contributed by atoms with E-state index in [1.807, 2.05) is 18.2 Å². The first-order chi connectivity index (χ1) is 12.2. The maximum absolute atomic E-state index is 4.78. The third-order valence-corrected chi connectivity index (χ3v) is 5.06. The third kappa shape index (κ3) is 3.43. The van der Waals surface area contributed by atoms with Crippen molar-refractivity contribution in [2.45, 2.75) is 45.6 Å². The molecule has 1 aliphatic rings. The maximum atomic E-state index is 4.78. The summed E-state index contributed by atoms with van der Waals surface area (Å²) in [6.07, 6.45) is 5.04. The SMILES string of the molecule is Cc1ccc(Nc2nc(NC3CCCC3)c3ccccc3n2)cc1C. The van der Waals surface area contributed by atoms with Crippen LogP contribution < -0.4 is 10.6 Å². The first-order valence-electron chi connectivity index (χ1n) is 9.06. The third-order valence-electron chi connectivity index (χ3n) is 5.06. The summed E-state index contributed by atoms with van der Waals surface area (Å²) in [4.78, 5) is 9.47. The normalized spacial score (nSPS) is 14.8. The summed E-state index contributed by atoms with van der Waals surface area (Å²) in [5, 5.41) is 8.09. The molecule has 0 radical (unpaired) electrons. The molecule has 2 N–H and O–H groups in total. The Morgan fingerprint density at radius 2 is 1.72 bits per heavy atom. The van der Waals surface area contributed by atoms with Gasteiger partial charge in [-0.25, -0.2) is 4.98 Å². The Bertz CT molecular complexity index is 898. The Labute approximate surface area is 148 Å². The van der Waals surface area contributed by atoms with Crippen molar-refractivity contribution >= 4 is 28.4 Å². The van der Waals surface area contributed by atoms with Crippen LogP contribution >= 0.6 is 0 Å². The number of fused-ring (bicyclic) bond motifs is 1. The van der Waals surface area contributed by atoms with Gasteiger partial charge in [-0.15, -0.1) is 0 Å². The van der Waals surface area contributed by atoms with Crippen LogP contribution in [0, 0.1) is 13.8 Å². The lowest BCUT2D eigenvalue weighted by Crippen LogP contribution is -2.16. The molecule has 0 aliphatic heterocycles. The molecule has 3 aromatic rings. The van der Waals surface area contributed by atoms with Crippen molar-refractivity contribution in [1.82, 2.24) is 9.97 Å². The number of para-hydroxylation sites is 1. The number of aryl methyl sites for hydroxylation is 2. The van der Waals surface area contributed by atoms with Crippen LogP contribution in [0.5, 0.6) is 0 Å². The number of anilines is 3. The van der Waals surface area contributed by atoms with E-state index >= 15 is 0 Å². The fourth-order valence-corrected chi connectivity index (χ4v) is 3.45. The Morgan fingerprint density at radius 1 is 0.920 bits per heavy atom. The second kappa shape index (κ2) is 6.71. The molecule has 1 heterocycles. The van der Waals surface area contributed by atoms with Gasteiger partial charge >= 0.3 is 0 Å². The van der Waals surface area contributed by atoms with Crippen molar-refractivity contribution < 1.29 is 0 Å². The lowest BCUT2D eigenvalue weighted by atomic mass is 10.1. The minimum Gasteiger partial charge on any atom is -0.367 e. The highest BCUT2D eigenvalue weighted by molar-refractivity contribution is 5.90. The zero-order valence-corrected chi connectivity index (χ0v) is 14.8. The summed E-state index contributed by atoms with van der Waals surface area (Å²) in [6.45, 7) is 4.24. The van der Waals surface area contributed by atoms with Gasteiger partial charge in [0.15, 0.2) is 0 Å². The standard InChI is InChI=1S/C21H24N4/c1-14-11-12-17(13-15(14)2)23-21-24-19-10-6-5-9-18(19)20(25-21)22-16-7-3-4-8-16/h5-6,9-13,16H,3-4,7-8H2,1-2H3,(H2,22,23,24,25). The molecule has 0 amide bonds. The molecule has 0 unspecified atom stereocenters. The predicted molar refractivity (Wildman–Crippen MR) is 105 cm³/mol. The number of aromatic nitrogens is 2. The molecule has 0 atom stereocenters. The van der Waals surface area contributed by atoms with E-state index in [0.717, 1.165) is 22.4 Å². The van der Waals surface area contributed by atoms with Crippen LogP contribution in [0.25, 0.3) is 10.9 Å². The molecule has 4 nitrogen and oxygen atoms in total. The molecule has 4 rings (SSSR count). The highest BCUT2D eigenvalue weighted by Gasteiger charge is 2.17. The van der Waals surface area contributed by atoms with Crippen molar-refractivity contribution in [3.63, 3.8) is 0 Å². The molecule has 1 fully saturated rings. The molecule has 4 heteroatoms. The van der Waals surface area contributed by atoms with Gasteiger partial charge in [-0.2, -0.15) is 4.98 Å². The monoisotopic (exact) mass is 332 g/mol. The summed E-state index contributed by atoms with van der Waals surface area (Å²) < 4.78 is 0. The molecule has 0 bridgehead atoms. The van der Waals surface area contributed by atoms with Crippen molar-refractivity contribution in [1.29, 1.82) is 0 Å². The van der Waals surface area contributed by atoms with Gasteiger partial charge in [-0.05, 0) is 62.1 Å². The molecule has 25 heavy (non-hydrogen) atoms. The average molecular weight is 332 g/mol. The van der Waals surface area contributed by atoms with Crippen LogP contribution in [-0.4, -0.2) is 16.0 Å². The van der Waals surface area contributed by atoms with Crippen molar-refractivity contribution in [2.24, 2.45) is 0 Å². The van der Waals surface area contributed by atoms with Gasteiger partial charge in [0.25, 0.3) is 0 Å². The fourth-order valence-electron chi connectivity index (χ4n) is 3.45. The molecule has 0 saturated heterocycles. The average Bonchev–Trinajstić information content (AvgIpc) is 3.11. The quantitative estimate of drug-likeness (QED) is 0.676. The van der Waals surface area contributed by atoms with Gasteiger partial charge in [0.05, 0.1) is 5.52 Å². The first-order valence-corrected chi connectivity index (χ1v) is 9.06. The van der Waals surface area contributed by atoms with Crippen LogP contribution in [0.2, 0.25) is 0 Å². The largest absolute Gasteiger partial charge is 0.367 e. The topological polar surface area (TPSA) is 49.8 Å². The molecule has 128 valence electrons. The van der Waals surface area contributed by atoms with E-state index in [-0.39, 0.29) is 0 Å². The number of nitrogens with zero attached hydrogens (tertiary/aromatic N) is 2. The zero-order chi connectivity index (χ0) is 17.2. The van der Waals surface area contributed by atoms with Crippen LogP contribution in [0.1, 0.15) is 36.8 Å². The molecular formula is C21H24N4. The van der Waals surface area contributed by atoms with Gasteiger partial charge in [0, 0.05) is 17.1 Å². The lowest BCUT2D eigenvalue weighted by Gasteiger charge is -2.16. The van der Waals surface area contributed by atoms with Gasteiger partial charge in [0.2, 0.25) is 5.95 Å². The van der Waals surface area contributed by atoms with Crippen molar-refractivity contribution in [3.8, 4) is 0 Å². The molecular weight excluding hydrogens is 308 g/mol. The summed E-state index contributed by atoms with van der Waals surface area (Å²) >= 11 is 0. The van der Waals surface area contributed by atoms with E-state index in [0.29, 0.717) is 12.0 Å². The van der Waals surface area contributed by atoms with E-state index in [4.69, 9.17) is 9.97 Å². The fraction of sp³-hybridized carbons (Fsp3) is 0.333. The van der Waals surface area contributed by atoms with Gasteiger partial charge in [0.1, 0.15) is 5.82 Å². The van der Waals surface area contributed by atoms with E-state index in [9.17, 15) is 0 Å². The number of hydrogen-bond donors (Lipinski definition) is 2. The van der Waals surface area contributed by atoms with E-state index in [1.54, 1.807) is 0 Å². The summed E-state index contributed by atoms with van der Waals surface area (Å²) in [7, 11) is 0. The second-order valence-electron chi connectivity index (χ2n) is 6.96. The second-order valence-corrected chi connectivity index (χ2v) is 6.96. The minimum atomic E-state index is 0.521. The van der Waals surface area contributed by atoms with E-state index < -0.39 is 0 Å². The van der Waals surface area contributed by atoms with Gasteiger partial charge in [-0.1, -0.05) is 31.0 Å². The Balaban J connectivity index is 1.69.